The summed E-state index contributed by atoms with van der Waals surface area (Å²) in [5.41, 5.74) is 1.10. The van der Waals surface area contributed by atoms with E-state index in [1.54, 1.807) is 26.1 Å². The molecule has 1 aromatic carbocycles. The van der Waals surface area contributed by atoms with Gasteiger partial charge in [0.2, 0.25) is 0 Å². The molecule has 29 heavy (non-hydrogen) atoms. The van der Waals surface area contributed by atoms with Gasteiger partial charge in [-0.3, -0.25) is 0 Å². The van der Waals surface area contributed by atoms with Gasteiger partial charge in [-0.25, -0.2) is 9.59 Å². The summed E-state index contributed by atoms with van der Waals surface area (Å²) < 4.78 is 5.28. The monoisotopic (exact) mass is 402 g/mol. The maximum absolute atomic E-state index is 12.8. The average Bonchev–Trinajstić information content (AvgIpc) is 3.28. The van der Waals surface area contributed by atoms with Crippen LogP contribution in [-0.4, -0.2) is 74.1 Å². The van der Waals surface area contributed by atoms with Gasteiger partial charge in [0.05, 0.1) is 13.2 Å². The first-order chi connectivity index (χ1) is 14.0. The largest absolute Gasteiger partial charge is 0.497 e. The van der Waals surface area contributed by atoms with Crippen molar-refractivity contribution in [3.05, 3.63) is 29.8 Å². The van der Waals surface area contributed by atoms with Crippen molar-refractivity contribution in [1.29, 1.82) is 0 Å². The van der Waals surface area contributed by atoms with E-state index in [0.29, 0.717) is 25.6 Å². The number of likely N-dealkylation sites (tertiary alicyclic amines) is 2. The summed E-state index contributed by atoms with van der Waals surface area (Å²) in [7, 11) is 5.23. The molecule has 0 unspecified atom stereocenters. The van der Waals surface area contributed by atoms with Gasteiger partial charge in [0, 0.05) is 52.1 Å². The Morgan fingerprint density at radius 2 is 1.86 bits per heavy atom. The zero-order chi connectivity index (χ0) is 21.0. The number of hydrogen-bond donors (Lipinski definition) is 1. The summed E-state index contributed by atoms with van der Waals surface area (Å²) >= 11 is 0. The van der Waals surface area contributed by atoms with Gasteiger partial charge in [-0.2, -0.15) is 0 Å². The van der Waals surface area contributed by atoms with Gasteiger partial charge in [0.1, 0.15) is 5.75 Å². The fourth-order valence-corrected chi connectivity index (χ4v) is 4.57. The van der Waals surface area contributed by atoms with E-state index in [4.69, 9.17) is 4.74 Å². The standard InChI is InChI=1S/C22H34N4O3/c1-5-6-7-12-23-21(27)25-13-17-14-26(22(28)24(2)3)20(19(17)15-25)16-8-10-18(29-4)11-9-16/h8-11,17,19-20H,5-7,12-15H2,1-4H3,(H,23,27)/t17-,19-,20+/m1/s1. The van der Waals surface area contributed by atoms with Crippen molar-refractivity contribution in [2.75, 3.05) is 47.4 Å². The quantitative estimate of drug-likeness (QED) is 0.744. The van der Waals surface area contributed by atoms with Gasteiger partial charge < -0.3 is 24.8 Å². The van der Waals surface area contributed by atoms with Crippen LogP contribution in [0.2, 0.25) is 0 Å². The molecule has 4 amide bonds. The number of carbonyl (C=O) groups excluding carboxylic acids is 2. The van der Waals surface area contributed by atoms with E-state index in [2.05, 4.69) is 12.2 Å². The highest BCUT2D eigenvalue weighted by Crippen LogP contribution is 2.45. The molecule has 0 radical (unpaired) electrons. The molecule has 2 fully saturated rings. The number of ether oxygens (including phenoxy) is 1. The van der Waals surface area contributed by atoms with Crippen molar-refractivity contribution >= 4 is 12.1 Å². The summed E-state index contributed by atoms with van der Waals surface area (Å²) in [4.78, 5) is 31.0. The van der Waals surface area contributed by atoms with E-state index in [1.807, 2.05) is 34.1 Å². The van der Waals surface area contributed by atoms with E-state index in [0.717, 1.165) is 37.1 Å². The SMILES string of the molecule is CCCCCNC(=O)N1C[C@@H]2CN(C(=O)N(C)C)[C@@H](c3ccc(OC)cc3)[C@@H]2C1. The Bertz CT molecular complexity index is 707. The third-order valence-electron chi connectivity index (χ3n) is 6.09. The lowest BCUT2D eigenvalue weighted by molar-refractivity contribution is 0.153. The van der Waals surface area contributed by atoms with Crippen LogP contribution >= 0.6 is 0 Å². The van der Waals surface area contributed by atoms with Gasteiger partial charge in [0.25, 0.3) is 0 Å². The highest BCUT2D eigenvalue weighted by Gasteiger charge is 2.50. The Labute approximate surface area is 174 Å². The number of hydrogen-bond acceptors (Lipinski definition) is 3. The van der Waals surface area contributed by atoms with Crippen molar-refractivity contribution in [2.45, 2.75) is 32.2 Å². The topological polar surface area (TPSA) is 65.1 Å². The molecule has 1 N–H and O–H groups in total. The van der Waals surface area contributed by atoms with Crippen LogP contribution in [0.15, 0.2) is 24.3 Å². The Morgan fingerprint density at radius 3 is 2.48 bits per heavy atom. The normalized spacial score (nSPS) is 23.1. The predicted molar refractivity (Wildman–Crippen MR) is 113 cm³/mol. The molecule has 2 saturated heterocycles. The number of benzene rings is 1. The minimum atomic E-state index is -0.0290. The molecule has 7 heteroatoms. The second kappa shape index (κ2) is 9.37. The summed E-state index contributed by atoms with van der Waals surface area (Å²) in [6.07, 6.45) is 3.29. The first-order valence-electron chi connectivity index (χ1n) is 10.6. The van der Waals surface area contributed by atoms with Crippen molar-refractivity contribution in [3.8, 4) is 5.75 Å². The van der Waals surface area contributed by atoms with Crippen LogP contribution in [0.3, 0.4) is 0 Å². The number of nitrogens with zero attached hydrogens (tertiary/aromatic N) is 3. The Hall–Kier alpha value is -2.44. The van der Waals surface area contributed by atoms with E-state index in [1.165, 1.54) is 0 Å². The van der Waals surface area contributed by atoms with Crippen LogP contribution in [0.1, 0.15) is 37.8 Å². The third-order valence-corrected chi connectivity index (χ3v) is 6.09. The fraction of sp³-hybridized carbons (Fsp3) is 0.636. The molecule has 0 saturated carbocycles. The molecule has 2 heterocycles. The molecule has 0 aliphatic carbocycles. The number of amides is 4. The molecule has 3 atom stereocenters. The van der Waals surface area contributed by atoms with Crippen molar-refractivity contribution in [1.82, 2.24) is 20.0 Å². The highest BCUT2D eigenvalue weighted by atomic mass is 16.5. The first kappa shape index (κ1) is 21.3. The molecule has 1 aromatic rings. The minimum absolute atomic E-state index is 0.0227. The van der Waals surface area contributed by atoms with Gasteiger partial charge in [-0.05, 0) is 24.1 Å². The average molecular weight is 403 g/mol. The molecule has 0 bridgehead atoms. The van der Waals surface area contributed by atoms with Crippen molar-refractivity contribution in [2.24, 2.45) is 11.8 Å². The van der Waals surface area contributed by atoms with Gasteiger partial charge in [-0.15, -0.1) is 0 Å². The minimum Gasteiger partial charge on any atom is -0.497 e. The van der Waals surface area contributed by atoms with Crippen LogP contribution in [0.4, 0.5) is 9.59 Å². The summed E-state index contributed by atoms with van der Waals surface area (Å²) in [5.74, 6) is 1.34. The van der Waals surface area contributed by atoms with E-state index >= 15 is 0 Å². The molecule has 0 aromatic heterocycles. The zero-order valence-corrected chi connectivity index (χ0v) is 18.1. The maximum atomic E-state index is 12.8. The van der Waals surface area contributed by atoms with Crippen LogP contribution in [0.5, 0.6) is 5.75 Å². The number of nitrogens with one attached hydrogen (secondary N) is 1. The van der Waals surface area contributed by atoms with Gasteiger partial charge in [-0.1, -0.05) is 31.9 Å². The van der Waals surface area contributed by atoms with Gasteiger partial charge >= 0.3 is 12.1 Å². The summed E-state index contributed by atoms with van der Waals surface area (Å²) in [5, 5.41) is 3.05. The Morgan fingerprint density at radius 1 is 1.14 bits per heavy atom. The Balaban J connectivity index is 1.74. The van der Waals surface area contributed by atoms with Crippen molar-refractivity contribution in [3.63, 3.8) is 0 Å². The van der Waals surface area contributed by atoms with E-state index in [-0.39, 0.29) is 24.0 Å². The molecule has 7 nitrogen and oxygen atoms in total. The second-order valence-electron chi connectivity index (χ2n) is 8.32. The lowest BCUT2D eigenvalue weighted by atomic mass is 9.89. The zero-order valence-electron chi connectivity index (χ0n) is 18.1. The number of urea groups is 2. The predicted octanol–water partition coefficient (Wildman–Crippen LogP) is 3.18. The molecular formula is C22H34N4O3. The number of carbonyl (C=O) groups is 2. The molecule has 0 spiro atoms. The Kier molecular flexibility index (Phi) is 6.87. The lowest BCUT2D eigenvalue weighted by Crippen LogP contribution is -2.44. The second-order valence-corrected chi connectivity index (χ2v) is 8.32. The first-order valence-corrected chi connectivity index (χ1v) is 10.6. The number of rotatable bonds is 6. The molecule has 160 valence electrons. The van der Waals surface area contributed by atoms with Crippen LogP contribution in [0, 0.1) is 11.8 Å². The van der Waals surface area contributed by atoms with Crippen LogP contribution in [-0.2, 0) is 0 Å². The van der Waals surface area contributed by atoms with E-state index in [9.17, 15) is 9.59 Å². The molecule has 3 rings (SSSR count). The number of methoxy groups -OCH3 is 1. The van der Waals surface area contributed by atoms with Crippen molar-refractivity contribution < 1.29 is 14.3 Å². The van der Waals surface area contributed by atoms with E-state index < -0.39 is 0 Å². The van der Waals surface area contributed by atoms with Gasteiger partial charge in [0.15, 0.2) is 0 Å². The summed E-state index contributed by atoms with van der Waals surface area (Å²) in [6, 6.07) is 7.97. The number of unbranched alkanes of at least 4 members (excludes halogenated alkanes) is 2. The molecule has 2 aliphatic rings. The van der Waals surface area contributed by atoms with Crippen LogP contribution in [0.25, 0.3) is 0 Å². The lowest BCUT2D eigenvalue weighted by Gasteiger charge is -2.32. The molecule has 2 aliphatic heterocycles. The molecular weight excluding hydrogens is 368 g/mol. The smallest absolute Gasteiger partial charge is 0.320 e. The summed E-state index contributed by atoms with van der Waals surface area (Å²) in [6.45, 7) is 4.94. The van der Waals surface area contributed by atoms with Crippen LogP contribution < -0.4 is 10.1 Å². The number of fused-ring (bicyclic) bond motifs is 1. The third kappa shape index (κ3) is 4.60. The maximum Gasteiger partial charge on any atom is 0.320 e. The highest BCUT2D eigenvalue weighted by molar-refractivity contribution is 5.76. The fourth-order valence-electron chi connectivity index (χ4n) is 4.57.